The Labute approximate surface area is 136 Å². The summed E-state index contributed by atoms with van der Waals surface area (Å²) in [5, 5.41) is 0. The maximum atomic E-state index is 11.3. The number of halogens is 1. The van der Waals surface area contributed by atoms with Gasteiger partial charge in [-0.2, -0.15) is 0 Å². The Bertz CT molecular complexity index is 386. The normalized spacial score (nSPS) is 28.4. The number of esters is 1. The molecule has 1 fully saturated rings. The zero-order valence-corrected chi connectivity index (χ0v) is 14.5. The van der Waals surface area contributed by atoms with Gasteiger partial charge in [-0.3, -0.25) is 4.79 Å². The van der Waals surface area contributed by atoms with Crippen LogP contribution >= 0.6 is 15.9 Å². The predicted octanol–water partition coefficient (Wildman–Crippen LogP) is 4.00. The van der Waals surface area contributed by atoms with E-state index < -0.39 is 0 Å². The zero-order valence-electron chi connectivity index (χ0n) is 12.9. The molecule has 0 amide bonds. The lowest BCUT2D eigenvalue weighted by Crippen LogP contribution is -2.39. The van der Waals surface area contributed by atoms with Gasteiger partial charge in [0.2, 0.25) is 0 Å². The van der Waals surface area contributed by atoms with Gasteiger partial charge in [0.25, 0.3) is 0 Å². The highest BCUT2D eigenvalue weighted by Crippen LogP contribution is 2.28. The van der Waals surface area contributed by atoms with Crippen LogP contribution in [0.3, 0.4) is 0 Å². The predicted molar refractivity (Wildman–Crippen MR) is 88.3 cm³/mol. The first-order chi connectivity index (χ1) is 10.1. The fourth-order valence-electron chi connectivity index (χ4n) is 2.63. The number of ether oxygens (including phenoxy) is 2. The summed E-state index contributed by atoms with van der Waals surface area (Å²) in [4.78, 5) is 11.7. The molecular formula is C17H25BrO3. The van der Waals surface area contributed by atoms with Gasteiger partial charge in [-0.15, -0.1) is 6.42 Å². The third-order valence-corrected chi connectivity index (χ3v) is 4.74. The number of allylic oxidation sites excluding steroid dienone is 1. The smallest absolute Gasteiger partial charge is 0.303 e. The van der Waals surface area contributed by atoms with Crippen LogP contribution in [-0.2, 0) is 14.3 Å². The Morgan fingerprint density at radius 3 is 2.86 bits per heavy atom. The van der Waals surface area contributed by atoms with Gasteiger partial charge in [0.05, 0.1) is 12.2 Å². The number of hydrogen-bond acceptors (Lipinski definition) is 3. The second-order valence-corrected chi connectivity index (χ2v) is 6.55. The first-order valence-electron chi connectivity index (χ1n) is 7.66. The minimum atomic E-state index is -0.275. The molecule has 1 aliphatic rings. The van der Waals surface area contributed by atoms with E-state index in [9.17, 15) is 4.79 Å². The molecule has 1 heterocycles. The molecular weight excluding hydrogens is 332 g/mol. The summed E-state index contributed by atoms with van der Waals surface area (Å²) < 4.78 is 11.7. The molecule has 0 unspecified atom stereocenters. The summed E-state index contributed by atoms with van der Waals surface area (Å²) in [6.45, 7) is 3.56. The molecule has 0 aromatic heterocycles. The van der Waals surface area contributed by atoms with Crippen molar-refractivity contribution in [1.82, 2.24) is 0 Å². The molecule has 1 aliphatic heterocycles. The molecule has 4 atom stereocenters. The van der Waals surface area contributed by atoms with Crippen molar-refractivity contribution in [2.24, 2.45) is 0 Å². The highest BCUT2D eigenvalue weighted by Gasteiger charge is 2.30. The Kier molecular flexibility index (Phi) is 8.72. The zero-order chi connectivity index (χ0) is 15.7. The van der Waals surface area contributed by atoms with E-state index in [0.29, 0.717) is 11.2 Å². The highest BCUT2D eigenvalue weighted by molar-refractivity contribution is 9.09. The van der Waals surface area contributed by atoms with Crippen LogP contribution < -0.4 is 0 Å². The van der Waals surface area contributed by atoms with Crippen LogP contribution in [0.25, 0.3) is 0 Å². The minimum Gasteiger partial charge on any atom is -0.459 e. The number of alkyl halides is 1. The third-order valence-electron chi connectivity index (χ3n) is 3.69. The molecule has 118 valence electrons. The van der Waals surface area contributed by atoms with Gasteiger partial charge in [0.1, 0.15) is 6.10 Å². The Morgan fingerprint density at radius 1 is 1.52 bits per heavy atom. The summed E-state index contributed by atoms with van der Waals surface area (Å²) >= 11 is 3.72. The standard InChI is InChI=1S/C17H25BrO3/c1-4-6-7-11-16(20-13(3)19)17-12-9-8-10-14(18)15(5-2)21-17/h1,6-7,14-17H,5,8-12H2,2-3H3/b7-6+/t14-,15+,16+,17+/m0/s1. The SMILES string of the molecule is C#C/C=C/C[C@@H](OC(C)=O)[C@H]1CCCC[C@H](Br)[C@@H](CC)O1. The van der Waals surface area contributed by atoms with Gasteiger partial charge in [0.15, 0.2) is 0 Å². The Morgan fingerprint density at radius 2 is 2.24 bits per heavy atom. The molecule has 4 heteroatoms. The van der Waals surface area contributed by atoms with Crippen LogP contribution in [0.5, 0.6) is 0 Å². The summed E-state index contributed by atoms with van der Waals surface area (Å²) in [5.41, 5.74) is 0. The highest BCUT2D eigenvalue weighted by atomic mass is 79.9. The molecule has 0 bridgehead atoms. The van der Waals surface area contributed by atoms with Crippen molar-refractivity contribution in [3.8, 4) is 12.3 Å². The lowest BCUT2D eigenvalue weighted by Gasteiger charge is -2.34. The van der Waals surface area contributed by atoms with E-state index in [0.717, 1.165) is 25.7 Å². The number of carbonyl (C=O) groups excluding carboxylic acids is 1. The molecule has 1 saturated heterocycles. The maximum absolute atomic E-state index is 11.3. The van der Waals surface area contributed by atoms with E-state index in [4.69, 9.17) is 15.9 Å². The second kappa shape index (κ2) is 10.0. The Balaban J connectivity index is 2.78. The van der Waals surface area contributed by atoms with Crippen LogP contribution in [0.4, 0.5) is 0 Å². The van der Waals surface area contributed by atoms with Crippen molar-refractivity contribution in [3.05, 3.63) is 12.2 Å². The third kappa shape index (κ3) is 6.67. The van der Waals surface area contributed by atoms with E-state index in [-0.39, 0.29) is 24.3 Å². The largest absolute Gasteiger partial charge is 0.459 e. The number of terminal acetylenes is 1. The Hall–Kier alpha value is -0.790. The molecule has 3 nitrogen and oxygen atoms in total. The van der Waals surface area contributed by atoms with Crippen molar-refractivity contribution in [1.29, 1.82) is 0 Å². The van der Waals surface area contributed by atoms with Gasteiger partial charge < -0.3 is 9.47 Å². The molecule has 0 aliphatic carbocycles. The van der Waals surface area contributed by atoms with E-state index in [2.05, 4.69) is 28.8 Å². The van der Waals surface area contributed by atoms with Gasteiger partial charge in [0, 0.05) is 18.2 Å². The van der Waals surface area contributed by atoms with E-state index in [1.807, 2.05) is 6.08 Å². The lowest BCUT2D eigenvalue weighted by atomic mass is 9.98. The van der Waals surface area contributed by atoms with E-state index in [1.165, 1.54) is 13.3 Å². The van der Waals surface area contributed by atoms with Crippen LogP contribution in [0.15, 0.2) is 12.2 Å². The van der Waals surface area contributed by atoms with Crippen LogP contribution in [0.2, 0.25) is 0 Å². The monoisotopic (exact) mass is 356 g/mol. The van der Waals surface area contributed by atoms with Crippen molar-refractivity contribution < 1.29 is 14.3 Å². The van der Waals surface area contributed by atoms with Gasteiger partial charge in [-0.1, -0.05) is 47.7 Å². The summed E-state index contributed by atoms with van der Waals surface area (Å²) in [6, 6.07) is 0. The number of rotatable bonds is 5. The summed E-state index contributed by atoms with van der Waals surface area (Å²) in [5.74, 6) is 2.18. The fourth-order valence-corrected chi connectivity index (χ4v) is 3.46. The lowest BCUT2D eigenvalue weighted by molar-refractivity contribution is -0.159. The quantitative estimate of drug-likeness (QED) is 0.424. The summed E-state index contributed by atoms with van der Waals surface area (Å²) in [6.07, 6.45) is 14.4. The first-order valence-corrected chi connectivity index (χ1v) is 8.57. The average Bonchev–Trinajstić information content (AvgIpc) is 2.43. The van der Waals surface area contributed by atoms with E-state index in [1.54, 1.807) is 6.08 Å². The molecule has 0 N–H and O–H groups in total. The van der Waals surface area contributed by atoms with Crippen LogP contribution in [-0.4, -0.2) is 29.1 Å². The van der Waals surface area contributed by atoms with Gasteiger partial charge >= 0.3 is 5.97 Å². The van der Waals surface area contributed by atoms with Crippen molar-refractivity contribution in [2.45, 2.75) is 75.5 Å². The minimum absolute atomic E-state index is 0.0679. The van der Waals surface area contributed by atoms with Crippen LogP contribution in [0, 0.1) is 12.3 Å². The van der Waals surface area contributed by atoms with Crippen molar-refractivity contribution >= 4 is 21.9 Å². The molecule has 0 aromatic carbocycles. The molecule has 0 saturated carbocycles. The van der Waals surface area contributed by atoms with Crippen LogP contribution in [0.1, 0.15) is 52.4 Å². The maximum Gasteiger partial charge on any atom is 0.303 e. The number of hydrogen-bond donors (Lipinski definition) is 0. The fraction of sp³-hybridized carbons (Fsp3) is 0.706. The second-order valence-electron chi connectivity index (χ2n) is 5.37. The van der Waals surface area contributed by atoms with Crippen molar-refractivity contribution in [3.63, 3.8) is 0 Å². The van der Waals surface area contributed by atoms with Crippen molar-refractivity contribution in [2.75, 3.05) is 0 Å². The number of carbonyl (C=O) groups is 1. The molecule has 1 rings (SSSR count). The van der Waals surface area contributed by atoms with E-state index >= 15 is 0 Å². The first kappa shape index (κ1) is 18.3. The molecule has 21 heavy (non-hydrogen) atoms. The molecule has 0 radical (unpaired) electrons. The van der Waals surface area contributed by atoms with Gasteiger partial charge in [-0.25, -0.2) is 0 Å². The molecule has 0 aromatic rings. The average molecular weight is 357 g/mol. The summed E-state index contributed by atoms with van der Waals surface area (Å²) in [7, 11) is 0. The topological polar surface area (TPSA) is 35.5 Å². The molecule has 0 spiro atoms. The van der Waals surface area contributed by atoms with Gasteiger partial charge in [-0.05, 0) is 25.3 Å².